The van der Waals surface area contributed by atoms with Crippen molar-refractivity contribution in [3.63, 3.8) is 0 Å². The standard InChI is InChI=1S/C13H10FNO2.Na/c1-8-10(6-15-7-11(8)14)9-2-4-12(16)13(17)5-3-9;/h2-7H,1H3,(H,16,17);/q;+1/p-1. The van der Waals surface area contributed by atoms with Crippen molar-refractivity contribution in [1.29, 1.82) is 0 Å². The molecule has 1 heterocycles. The minimum Gasteiger partial charge on any atom is -0.870 e. The molecule has 86 valence electrons. The first-order valence-corrected chi connectivity index (χ1v) is 5.01. The van der Waals surface area contributed by atoms with Gasteiger partial charge in [0.2, 0.25) is 0 Å². The van der Waals surface area contributed by atoms with Crippen LogP contribution in [0.1, 0.15) is 5.56 Å². The molecule has 0 N–H and O–H groups in total. The predicted octanol–water partition coefficient (Wildman–Crippen LogP) is -1.37. The van der Waals surface area contributed by atoms with Crippen LogP contribution >= 0.6 is 0 Å². The van der Waals surface area contributed by atoms with Crippen LogP contribution in [-0.2, 0) is 0 Å². The minimum absolute atomic E-state index is 0. The number of aromatic nitrogens is 1. The summed E-state index contributed by atoms with van der Waals surface area (Å²) in [6.07, 6.45) is 2.63. The molecule has 5 heteroatoms. The van der Waals surface area contributed by atoms with Crippen LogP contribution in [0, 0.1) is 12.7 Å². The summed E-state index contributed by atoms with van der Waals surface area (Å²) in [4.78, 5) is 14.9. The molecule has 0 unspecified atom stereocenters. The van der Waals surface area contributed by atoms with E-state index in [-0.39, 0.29) is 29.6 Å². The Balaban J connectivity index is 0.00000162. The molecule has 0 spiro atoms. The molecule has 0 atom stereocenters. The molecule has 1 aromatic carbocycles. The fraction of sp³-hybridized carbons (Fsp3) is 0.0769. The Labute approximate surface area is 126 Å². The number of pyridine rings is 1. The van der Waals surface area contributed by atoms with Crippen molar-refractivity contribution in [2.75, 3.05) is 0 Å². The van der Waals surface area contributed by atoms with E-state index in [1.54, 1.807) is 6.92 Å². The number of rotatable bonds is 1. The molecular weight excluding hydrogens is 244 g/mol. The van der Waals surface area contributed by atoms with Gasteiger partial charge in [-0.05, 0) is 24.1 Å². The summed E-state index contributed by atoms with van der Waals surface area (Å²) in [6, 6.07) is 5.35. The van der Waals surface area contributed by atoms with Gasteiger partial charge in [0.1, 0.15) is 5.82 Å². The van der Waals surface area contributed by atoms with Crippen molar-refractivity contribution in [1.82, 2.24) is 4.98 Å². The second kappa shape index (κ2) is 6.09. The summed E-state index contributed by atoms with van der Waals surface area (Å²) in [5.74, 6) is -1.00. The number of nitrogens with zero attached hydrogens (tertiary/aromatic N) is 1. The van der Waals surface area contributed by atoms with E-state index in [1.165, 1.54) is 30.5 Å². The molecular formula is C13H9FNNaO2. The van der Waals surface area contributed by atoms with E-state index in [0.717, 1.165) is 6.20 Å². The van der Waals surface area contributed by atoms with Gasteiger partial charge in [0.25, 0.3) is 0 Å². The van der Waals surface area contributed by atoms with Crippen molar-refractivity contribution in [3.05, 3.63) is 58.3 Å². The van der Waals surface area contributed by atoms with Gasteiger partial charge >= 0.3 is 29.6 Å². The summed E-state index contributed by atoms with van der Waals surface area (Å²) in [5.41, 5.74) is 1.01. The van der Waals surface area contributed by atoms with Gasteiger partial charge in [-0.15, -0.1) is 0 Å². The van der Waals surface area contributed by atoms with E-state index in [1.807, 2.05) is 0 Å². The minimum atomic E-state index is -0.585. The smallest absolute Gasteiger partial charge is 0.870 e. The molecule has 0 aliphatic rings. The third kappa shape index (κ3) is 2.96. The van der Waals surface area contributed by atoms with E-state index >= 15 is 0 Å². The Morgan fingerprint density at radius 1 is 1.17 bits per heavy atom. The predicted molar refractivity (Wildman–Crippen MR) is 60.1 cm³/mol. The summed E-state index contributed by atoms with van der Waals surface area (Å²) in [6.45, 7) is 1.62. The Hall–Kier alpha value is -1.23. The van der Waals surface area contributed by atoms with Gasteiger partial charge in [-0.2, -0.15) is 0 Å². The zero-order chi connectivity index (χ0) is 12.4. The Bertz CT molecular complexity index is 632. The molecule has 0 saturated carbocycles. The number of hydrogen-bond acceptors (Lipinski definition) is 3. The molecule has 0 fully saturated rings. The molecule has 0 amide bonds. The normalized spacial score (nSPS) is 9.67. The van der Waals surface area contributed by atoms with Gasteiger partial charge in [-0.3, -0.25) is 9.78 Å². The van der Waals surface area contributed by atoms with Crippen LogP contribution in [0.25, 0.3) is 11.1 Å². The summed E-state index contributed by atoms with van der Waals surface area (Å²) >= 11 is 0. The van der Waals surface area contributed by atoms with Gasteiger partial charge < -0.3 is 5.11 Å². The maximum atomic E-state index is 13.3. The third-order valence-electron chi connectivity index (χ3n) is 2.54. The van der Waals surface area contributed by atoms with Crippen molar-refractivity contribution in [2.45, 2.75) is 6.92 Å². The quantitative estimate of drug-likeness (QED) is 0.589. The topological polar surface area (TPSA) is 53.0 Å². The van der Waals surface area contributed by atoms with Crippen LogP contribution in [0.2, 0.25) is 0 Å². The molecule has 3 nitrogen and oxygen atoms in total. The van der Waals surface area contributed by atoms with Crippen molar-refractivity contribution >= 4 is 0 Å². The van der Waals surface area contributed by atoms with Gasteiger partial charge in [0.15, 0.2) is 5.43 Å². The second-order valence-electron chi connectivity index (χ2n) is 3.64. The van der Waals surface area contributed by atoms with E-state index in [0.29, 0.717) is 16.7 Å². The van der Waals surface area contributed by atoms with E-state index in [2.05, 4.69) is 4.98 Å². The van der Waals surface area contributed by atoms with Crippen molar-refractivity contribution in [2.24, 2.45) is 0 Å². The monoisotopic (exact) mass is 253 g/mol. The Morgan fingerprint density at radius 3 is 2.56 bits per heavy atom. The van der Waals surface area contributed by atoms with Crippen molar-refractivity contribution in [3.8, 4) is 16.9 Å². The molecule has 0 bridgehead atoms. The van der Waals surface area contributed by atoms with E-state index in [4.69, 9.17) is 0 Å². The first-order valence-electron chi connectivity index (χ1n) is 5.01. The molecule has 0 radical (unpaired) electrons. The molecule has 0 aliphatic carbocycles. The van der Waals surface area contributed by atoms with Crippen LogP contribution < -0.4 is 40.1 Å². The van der Waals surface area contributed by atoms with Crippen LogP contribution in [0.4, 0.5) is 4.39 Å². The van der Waals surface area contributed by atoms with Gasteiger partial charge in [-0.1, -0.05) is 23.9 Å². The largest absolute Gasteiger partial charge is 1.00 e. The summed E-state index contributed by atoms with van der Waals surface area (Å²) < 4.78 is 13.3. The van der Waals surface area contributed by atoms with E-state index in [9.17, 15) is 14.3 Å². The Morgan fingerprint density at radius 2 is 1.83 bits per heavy atom. The van der Waals surface area contributed by atoms with Crippen LogP contribution in [0.15, 0.2) is 41.5 Å². The molecule has 0 aliphatic heterocycles. The Kier molecular flexibility index (Phi) is 5.02. The van der Waals surface area contributed by atoms with E-state index < -0.39 is 17.0 Å². The first-order chi connectivity index (χ1) is 8.09. The average molecular weight is 253 g/mol. The zero-order valence-corrected chi connectivity index (χ0v) is 12.1. The maximum Gasteiger partial charge on any atom is 1.00 e. The fourth-order valence-corrected chi connectivity index (χ4v) is 1.52. The van der Waals surface area contributed by atoms with Crippen LogP contribution in [0.5, 0.6) is 5.75 Å². The SMILES string of the molecule is Cc1c(F)cncc1-c1ccc([O-])c(=O)cc1.[Na+]. The molecule has 1 aromatic heterocycles. The fourth-order valence-electron chi connectivity index (χ4n) is 1.52. The maximum absolute atomic E-state index is 13.3. The molecule has 2 aromatic rings. The van der Waals surface area contributed by atoms with Crippen molar-refractivity contribution < 1.29 is 39.1 Å². The molecule has 18 heavy (non-hydrogen) atoms. The number of hydrogen-bond donors (Lipinski definition) is 0. The molecule has 0 saturated heterocycles. The summed E-state index contributed by atoms with van der Waals surface area (Å²) in [5, 5.41) is 11.2. The van der Waals surface area contributed by atoms with Crippen LogP contribution in [-0.4, -0.2) is 4.98 Å². The van der Waals surface area contributed by atoms with Gasteiger partial charge in [0.05, 0.1) is 6.20 Å². The zero-order valence-electron chi connectivity index (χ0n) is 10.1. The van der Waals surface area contributed by atoms with Gasteiger partial charge in [-0.25, -0.2) is 4.39 Å². The van der Waals surface area contributed by atoms with Gasteiger partial charge in [0, 0.05) is 11.8 Å². The number of halogens is 1. The summed E-state index contributed by atoms with van der Waals surface area (Å²) in [7, 11) is 0. The molecule has 2 rings (SSSR count). The third-order valence-corrected chi connectivity index (χ3v) is 2.54. The van der Waals surface area contributed by atoms with Crippen LogP contribution in [0.3, 0.4) is 0 Å². The average Bonchev–Trinajstić information content (AvgIpc) is 2.47. The second-order valence-corrected chi connectivity index (χ2v) is 3.64. The first kappa shape index (κ1) is 14.8.